The molecule has 0 radical (unpaired) electrons. The van der Waals surface area contributed by atoms with Crippen LogP contribution in [0.15, 0.2) is 73.6 Å². The van der Waals surface area contributed by atoms with Gasteiger partial charge < -0.3 is 20.3 Å². The zero-order chi connectivity index (χ0) is 29.6. The van der Waals surface area contributed by atoms with Gasteiger partial charge in [-0.1, -0.05) is 24.8 Å². The Bertz CT molecular complexity index is 1630. The van der Waals surface area contributed by atoms with Crippen molar-refractivity contribution in [2.24, 2.45) is 0 Å². The quantitative estimate of drug-likeness (QED) is 0.204. The molecule has 0 unspecified atom stereocenters. The Hall–Kier alpha value is -4.90. The molecular formula is C31H30F2N6O3. The number of hydrogen-bond acceptors (Lipinski definition) is 7. The topological polar surface area (TPSA) is 99.7 Å². The normalized spacial score (nSPS) is 13.7. The third-order valence-electron chi connectivity index (χ3n) is 6.97. The zero-order valence-electron chi connectivity index (χ0n) is 23.1. The number of likely N-dealkylation sites (N-methyl/N-ethyl adjacent to an activating group) is 1. The zero-order valence-corrected chi connectivity index (χ0v) is 23.1. The van der Waals surface area contributed by atoms with E-state index in [1.54, 1.807) is 48.3 Å². The SMILES string of the molecule is C=CC(=O)Nc1cc2c(Nc3cccc(-c4c(F)cccc4F)c3)ncnc2cc1OCCCN1CCN(C)C(=O)C1. The summed E-state index contributed by atoms with van der Waals surface area (Å²) in [7, 11) is 1.80. The number of carbonyl (C=O) groups excluding carboxylic acids is 2. The number of benzene rings is 3. The number of anilines is 3. The minimum Gasteiger partial charge on any atom is -0.491 e. The van der Waals surface area contributed by atoms with Crippen molar-refractivity contribution in [1.82, 2.24) is 19.8 Å². The molecule has 0 spiro atoms. The first-order valence-electron chi connectivity index (χ1n) is 13.4. The van der Waals surface area contributed by atoms with E-state index in [2.05, 4.69) is 32.1 Å². The average Bonchev–Trinajstić information content (AvgIpc) is 2.97. The second kappa shape index (κ2) is 12.7. The van der Waals surface area contributed by atoms with Crippen LogP contribution in [0.4, 0.5) is 26.0 Å². The molecule has 2 N–H and O–H groups in total. The van der Waals surface area contributed by atoms with E-state index in [9.17, 15) is 18.4 Å². The smallest absolute Gasteiger partial charge is 0.247 e. The Morgan fingerprint density at radius 1 is 1.10 bits per heavy atom. The maximum Gasteiger partial charge on any atom is 0.247 e. The fourth-order valence-corrected chi connectivity index (χ4v) is 4.72. The first kappa shape index (κ1) is 28.6. The number of piperazine rings is 1. The summed E-state index contributed by atoms with van der Waals surface area (Å²) >= 11 is 0. The van der Waals surface area contributed by atoms with E-state index in [0.29, 0.717) is 72.1 Å². The number of amides is 2. The Balaban J connectivity index is 1.37. The molecule has 1 fully saturated rings. The highest BCUT2D eigenvalue weighted by atomic mass is 19.1. The van der Waals surface area contributed by atoms with Crippen LogP contribution in [0.25, 0.3) is 22.0 Å². The maximum atomic E-state index is 14.4. The molecule has 5 rings (SSSR count). The van der Waals surface area contributed by atoms with Crippen LogP contribution in [0.1, 0.15) is 6.42 Å². The highest BCUT2D eigenvalue weighted by molar-refractivity contribution is 6.03. The first-order chi connectivity index (χ1) is 20.3. The third kappa shape index (κ3) is 6.52. The molecule has 2 heterocycles. The second-order valence-electron chi connectivity index (χ2n) is 9.88. The number of rotatable bonds is 10. The number of ether oxygens (including phenoxy) is 1. The van der Waals surface area contributed by atoms with Crippen LogP contribution < -0.4 is 15.4 Å². The lowest BCUT2D eigenvalue weighted by atomic mass is 10.0. The Morgan fingerprint density at radius 2 is 1.88 bits per heavy atom. The second-order valence-corrected chi connectivity index (χ2v) is 9.88. The molecule has 216 valence electrons. The molecule has 0 saturated carbocycles. The Kier molecular flexibility index (Phi) is 8.68. The standard InChI is InChI=1S/C31H30F2N6O3/c1-3-28(40)37-26-16-22-25(17-27(26)42-14-6-11-39-13-12-38(2)29(41)18-39)34-19-35-31(22)36-21-8-4-7-20(15-21)30-23(32)9-5-10-24(30)33/h3-5,7-10,15-17,19H,1,6,11-14,18H2,2H3,(H,37,40)(H,34,35,36). The maximum absolute atomic E-state index is 14.4. The lowest BCUT2D eigenvalue weighted by molar-refractivity contribution is -0.134. The minimum atomic E-state index is -0.660. The molecular weight excluding hydrogens is 542 g/mol. The number of nitrogens with one attached hydrogen (secondary N) is 2. The van der Waals surface area contributed by atoms with Crippen LogP contribution in [0, 0.1) is 11.6 Å². The predicted molar refractivity (Wildman–Crippen MR) is 158 cm³/mol. The predicted octanol–water partition coefficient (Wildman–Crippen LogP) is 4.99. The summed E-state index contributed by atoms with van der Waals surface area (Å²) < 4.78 is 34.9. The van der Waals surface area contributed by atoms with Crippen molar-refractivity contribution in [3.63, 3.8) is 0 Å². The molecule has 0 aliphatic carbocycles. The summed E-state index contributed by atoms with van der Waals surface area (Å²) in [6, 6.07) is 13.8. The van der Waals surface area contributed by atoms with Crippen molar-refractivity contribution in [1.29, 1.82) is 0 Å². The van der Waals surface area contributed by atoms with Gasteiger partial charge in [-0.2, -0.15) is 0 Å². The van der Waals surface area contributed by atoms with E-state index < -0.39 is 17.5 Å². The van der Waals surface area contributed by atoms with Gasteiger partial charge in [-0.05, 0) is 48.4 Å². The number of aromatic nitrogens is 2. The van der Waals surface area contributed by atoms with Gasteiger partial charge >= 0.3 is 0 Å². The van der Waals surface area contributed by atoms with Crippen LogP contribution in [0.5, 0.6) is 5.75 Å². The van der Waals surface area contributed by atoms with Crippen LogP contribution >= 0.6 is 0 Å². The van der Waals surface area contributed by atoms with Gasteiger partial charge in [0.05, 0.1) is 29.9 Å². The molecule has 42 heavy (non-hydrogen) atoms. The van der Waals surface area contributed by atoms with E-state index in [-0.39, 0.29) is 11.5 Å². The molecule has 1 aliphatic rings. The van der Waals surface area contributed by atoms with Crippen molar-refractivity contribution in [2.75, 3.05) is 50.5 Å². The summed E-state index contributed by atoms with van der Waals surface area (Å²) in [5.74, 6) is -0.790. The Labute approximate surface area is 241 Å². The molecule has 9 nitrogen and oxygen atoms in total. The molecule has 11 heteroatoms. The monoisotopic (exact) mass is 572 g/mol. The summed E-state index contributed by atoms with van der Waals surface area (Å²) in [6.45, 7) is 6.48. The van der Waals surface area contributed by atoms with Gasteiger partial charge in [0.2, 0.25) is 11.8 Å². The molecule has 0 bridgehead atoms. The van der Waals surface area contributed by atoms with Gasteiger partial charge in [0, 0.05) is 43.8 Å². The van der Waals surface area contributed by atoms with E-state index in [1.807, 2.05) is 0 Å². The van der Waals surface area contributed by atoms with Crippen molar-refractivity contribution >= 4 is 39.9 Å². The fourth-order valence-electron chi connectivity index (χ4n) is 4.72. The van der Waals surface area contributed by atoms with E-state index >= 15 is 0 Å². The summed E-state index contributed by atoms with van der Waals surface area (Å²) in [4.78, 5) is 36.8. The third-order valence-corrected chi connectivity index (χ3v) is 6.97. The molecule has 3 aromatic carbocycles. The number of hydrogen-bond donors (Lipinski definition) is 2. The average molecular weight is 573 g/mol. The number of halogens is 2. The van der Waals surface area contributed by atoms with Crippen molar-refractivity contribution in [2.45, 2.75) is 6.42 Å². The van der Waals surface area contributed by atoms with Gasteiger partial charge in [-0.25, -0.2) is 18.7 Å². The van der Waals surface area contributed by atoms with Crippen molar-refractivity contribution < 1.29 is 23.1 Å². The molecule has 1 aliphatic heterocycles. The first-order valence-corrected chi connectivity index (χ1v) is 13.4. The van der Waals surface area contributed by atoms with Crippen LogP contribution in [-0.2, 0) is 9.59 Å². The fraction of sp³-hybridized carbons (Fsp3) is 0.226. The highest BCUT2D eigenvalue weighted by Gasteiger charge is 2.20. The number of carbonyl (C=O) groups is 2. The number of nitrogens with zero attached hydrogens (tertiary/aromatic N) is 4. The summed E-state index contributed by atoms with van der Waals surface area (Å²) in [5.41, 5.74) is 1.76. The van der Waals surface area contributed by atoms with E-state index in [0.717, 1.165) is 12.6 Å². The Morgan fingerprint density at radius 3 is 2.64 bits per heavy atom. The van der Waals surface area contributed by atoms with E-state index in [1.165, 1.54) is 24.5 Å². The molecule has 2 amide bonds. The summed E-state index contributed by atoms with van der Waals surface area (Å²) in [5, 5.41) is 6.56. The van der Waals surface area contributed by atoms with Crippen LogP contribution in [-0.4, -0.2) is 71.4 Å². The van der Waals surface area contributed by atoms with Gasteiger partial charge in [0.1, 0.15) is 29.5 Å². The van der Waals surface area contributed by atoms with Crippen molar-refractivity contribution in [3.05, 3.63) is 85.2 Å². The van der Waals surface area contributed by atoms with Gasteiger partial charge in [-0.3, -0.25) is 14.5 Å². The lowest BCUT2D eigenvalue weighted by Gasteiger charge is -2.31. The van der Waals surface area contributed by atoms with Crippen LogP contribution in [0.3, 0.4) is 0 Å². The van der Waals surface area contributed by atoms with Gasteiger partial charge in [0.25, 0.3) is 0 Å². The van der Waals surface area contributed by atoms with Gasteiger partial charge in [0.15, 0.2) is 0 Å². The van der Waals surface area contributed by atoms with Crippen molar-refractivity contribution in [3.8, 4) is 16.9 Å². The molecule has 0 atom stereocenters. The molecule has 1 saturated heterocycles. The van der Waals surface area contributed by atoms with Crippen LogP contribution in [0.2, 0.25) is 0 Å². The largest absolute Gasteiger partial charge is 0.491 e. The van der Waals surface area contributed by atoms with Gasteiger partial charge in [-0.15, -0.1) is 0 Å². The number of fused-ring (bicyclic) bond motifs is 1. The van der Waals surface area contributed by atoms with E-state index in [4.69, 9.17) is 4.74 Å². The summed E-state index contributed by atoms with van der Waals surface area (Å²) in [6.07, 6.45) is 3.23. The minimum absolute atomic E-state index is 0.0985. The molecule has 4 aromatic rings. The lowest BCUT2D eigenvalue weighted by Crippen LogP contribution is -2.48. The highest BCUT2D eigenvalue weighted by Crippen LogP contribution is 2.34. The molecule has 1 aromatic heterocycles.